The van der Waals surface area contributed by atoms with Gasteiger partial charge in [-0.2, -0.15) is 0 Å². The lowest BCUT2D eigenvalue weighted by atomic mass is 10.2. The Balaban J connectivity index is 2.45. The SMILES string of the molecule is C=CCn1cnc2c1c(=O)n(CC(C)C)c(=O)n2-c1cccc(Cl)c1. The molecule has 0 atom stereocenters. The Morgan fingerprint density at radius 3 is 2.72 bits per heavy atom. The molecule has 0 saturated heterocycles. The summed E-state index contributed by atoms with van der Waals surface area (Å²) < 4.78 is 4.39. The van der Waals surface area contributed by atoms with Crippen LogP contribution >= 0.6 is 11.6 Å². The van der Waals surface area contributed by atoms with E-state index < -0.39 is 5.69 Å². The maximum Gasteiger partial charge on any atom is 0.337 e. The van der Waals surface area contributed by atoms with Gasteiger partial charge in [0, 0.05) is 18.1 Å². The molecule has 0 aliphatic heterocycles. The van der Waals surface area contributed by atoms with Crippen molar-refractivity contribution in [1.82, 2.24) is 18.7 Å². The minimum absolute atomic E-state index is 0.145. The van der Waals surface area contributed by atoms with Gasteiger partial charge in [0.2, 0.25) is 0 Å². The van der Waals surface area contributed by atoms with Gasteiger partial charge in [0.1, 0.15) is 0 Å². The van der Waals surface area contributed by atoms with Crippen molar-refractivity contribution in [3.63, 3.8) is 0 Å². The predicted octanol–water partition coefficient (Wildman–Crippen LogP) is 2.84. The number of hydrogen-bond acceptors (Lipinski definition) is 3. The number of hydrogen-bond donors (Lipinski definition) is 0. The molecule has 0 fully saturated rings. The summed E-state index contributed by atoms with van der Waals surface area (Å²) in [7, 11) is 0. The minimum atomic E-state index is -0.419. The van der Waals surface area contributed by atoms with Gasteiger partial charge in [0.05, 0.1) is 12.0 Å². The molecule has 0 amide bonds. The molecular weight excluding hydrogens is 340 g/mol. The Morgan fingerprint density at radius 1 is 1.32 bits per heavy atom. The number of allylic oxidation sites excluding steroid dienone is 1. The van der Waals surface area contributed by atoms with Gasteiger partial charge in [-0.15, -0.1) is 6.58 Å². The molecule has 0 aliphatic rings. The number of halogens is 1. The molecule has 1 aromatic carbocycles. The molecule has 6 nitrogen and oxygen atoms in total. The third kappa shape index (κ3) is 3.05. The van der Waals surface area contributed by atoms with Crippen molar-refractivity contribution in [3.05, 3.63) is 69.1 Å². The van der Waals surface area contributed by atoms with Crippen molar-refractivity contribution in [3.8, 4) is 5.69 Å². The molecule has 25 heavy (non-hydrogen) atoms. The molecule has 0 aliphatic carbocycles. The van der Waals surface area contributed by atoms with Crippen LogP contribution in [0.4, 0.5) is 0 Å². The highest BCUT2D eigenvalue weighted by molar-refractivity contribution is 6.30. The van der Waals surface area contributed by atoms with Crippen molar-refractivity contribution in [2.75, 3.05) is 0 Å². The van der Waals surface area contributed by atoms with Crippen molar-refractivity contribution >= 4 is 22.8 Å². The van der Waals surface area contributed by atoms with Gasteiger partial charge in [-0.3, -0.25) is 9.36 Å². The second-order valence-electron chi connectivity index (χ2n) is 6.27. The molecule has 2 aromatic heterocycles. The zero-order chi connectivity index (χ0) is 18.1. The van der Waals surface area contributed by atoms with Crippen LogP contribution in [0.3, 0.4) is 0 Å². The number of rotatable bonds is 5. The molecule has 7 heteroatoms. The highest BCUT2D eigenvalue weighted by Gasteiger charge is 2.19. The van der Waals surface area contributed by atoms with Crippen LogP contribution in [0, 0.1) is 5.92 Å². The number of nitrogens with zero attached hydrogens (tertiary/aromatic N) is 4. The van der Waals surface area contributed by atoms with E-state index in [0.29, 0.717) is 35.0 Å². The van der Waals surface area contributed by atoms with Gasteiger partial charge in [-0.05, 0) is 24.1 Å². The summed E-state index contributed by atoms with van der Waals surface area (Å²) >= 11 is 6.09. The van der Waals surface area contributed by atoms with Crippen molar-refractivity contribution < 1.29 is 0 Å². The van der Waals surface area contributed by atoms with Gasteiger partial charge in [-0.25, -0.2) is 14.3 Å². The first kappa shape index (κ1) is 17.2. The largest absolute Gasteiger partial charge is 0.337 e. The first-order chi connectivity index (χ1) is 11.9. The zero-order valence-electron chi connectivity index (χ0n) is 14.1. The second-order valence-corrected chi connectivity index (χ2v) is 6.70. The highest BCUT2D eigenvalue weighted by atomic mass is 35.5. The maximum absolute atomic E-state index is 13.0. The van der Waals surface area contributed by atoms with E-state index in [2.05, 4.69) is 11.6 Å². The first-order valence-corrected chi connectivity index (χ1v) is 8.39. The summed E-state index contributed by atoms with van der Waals surface area (Å²) in [6, 6.07) is 6.94. The normalized spacial score (nSPS) is 11.4. The average Bonchev–Trinajstić information content (AvgIpc) is 2.95. The standard InChI is InChI=1S/C18H19ClN4O2/c1-4-8-21-11-20-16-15(21)17(24)22(10-12(2)3)18(25)23(16)14-7-5-6-13(19)9-14/h4-7,9,11-12H,1,8,10H2,2-3H3. The molecule has 130 valence electrons. The molecular formula is C18H19ClN4O2. The van der Waals surface area contributed by atoms with Crippen LogP contribution in [0.15, 0.2) is 52.8 Å². The second kappa shape index (κ2) is 6.72. The van der Waals surface area contributed by atoms with E-state index in [1.54, 1.807) is 41.2 Å². The number of benzene rings is 1. The molecule has 0 unspecified atom stereocenters. The fourth-order valence-corrected chi connectivity index (χ4v) is 3.02. The van der Waals surface area contributed by atoms with E-state index in [-0.39, 0.29) is 11.5 Å². The van der Waals surface area contributed by atoms with E-state index in [1.807, 2.05) is 13.8 Å². The topological polar surface area (TPSA) is 61.8 Å². The summed E-state index contributed by atoms with van der Waals surface area (Å²) in [5, 5.41) is 0.504. The molecule has 2 heterocycles. The Labute approximate surface area is 149 Å². The van der Waals surface area contributed by atoms with E-state index in [1.165, 1.54) is 9.13 Å². The van der Waals surface area contributed by atoms with Gasteiger partial charge < -0.3 is 4.57 Å². The fourth-order valence-electron chi connectivity index (χ4n) is 2.83. The van der Waals surface area contributed by atoms with Gasteiger partial charge in [0.15, 0.2) is 11.2 Å². The smallest absolute Gasteiger partial charge is 0.321 e. The monoisotopic (exact) mass is 358 g/mol. The summed E-state index contributed by atoms with van der Waals surface area (Å²) in [5.74, 6) is 0.145. The van der Waals surface area contributed by atoms with E-state index in [4.69, 9.17) is 11.6 Å². The lowest BCUT2D eigenvalue weighted by molar-refractivity contribution is 0.489. The van der Waals surface area contributed by atoms with Crippen LogP contribution in [0.25, 0.3) is 16.9 Å². The number of fused-ring (bicyclic) bond motifs is 1. The minimum Gasteiger partial charge on any atom is -0.321 e. The molecule has 0 bridgehead atoms. The third-order valence-corrected chi connectivity index (χ3v) is 4.08. The molecule has 0 radical (unpaired) electrons. The lowest BCUT2D eigenvalue weighted by Crippen LogP contribution is -2.41. The fraction of sp³-hybridized carbons (Fsp3) is 0.278. The highest BCUT2D eigenvalue weighted by Crippen LogP contribution is 2.17. The number of aromatic nitrogens is 4. The van der Waals surface area contributed by atoms with Crippen molar-refractivity contribution in [2.24, 2.45) is 5.92 Å². The zero-order valence-corrected chi connectivity index (χ0v) is 14.9. The van der Waals surface area contributed by atoms with Crippen LogP contribution in [0.5, 0.6) is 0 Å². The van der Waals surface area contributed by atoms with Crippen LogP contribution < -0.4 is 11.2 Å². The molecule has 0 saturated carbocycles. The quantitative estimate of drug-likeness (QED) is 0.659. The molecule has 0 spiro atoms. The summed E-state index contributed by atoms with van der Waals surface area (Å²) in [4.78, 5) is 30.3. The predicted molar refractivity (Wildman–Crippen MR) is 99.6 cm³/mol. The summed E-state index contributed by atoms with van der Waals surface area (Å²) in [6.07, 6.45) is 3.23. The van der Waals surface area contributed by atoms with Crippen LogP contribution in [-0.2, 0) is 13.1 Å². The van der Waals surface area contributed by atoms with E-state index >= 15 is 0 Å². The Hall–Kier alpha value is -2.60. The summed E-state index contributed by atoms with van der Waals surface area (Å²) in [6.45, 7) is 8.39. The third-order valence-electron chi connectivity index (χ3n) is 3.84. The van der Waals surface area contributed by atoms with Crippen LogP contribution in [-0.4, -0.2) is 18.7 Å². The van der Waals surface area contributed by atoms with Crippen molar-refractivity contribution in [2.45, 2.75) is 26.9 Å². The van der Waals surface area contributed by atoms with Gasteiger partial charge >= 0.3 is 5.69 Å². The Morgan fingerprint density at radius 2 is 2.08 bits per heavy atom. The first-order valence-electron chi connectivity index (χ1n) is 8.01. The molecule has 3 aromatic rings. The molecule has 0 N–H and O–H groups in total. The van der Waals surface area contributed by atoms with Gasteiger partial charge in [0.25, 0.3) is 5.56 Å². The van der Waals surface area contributed by atoms with Crippen LogP contribution in [0.2, 0.25) is 5.02 Å². The molecule has 3 rings (SSSR count). The van der Waals surface area contributed by atoms with E-state index in [0.717, 1.165) is 0 Å². The van der Waals surface area contributed by atoms with Crippen molar-refractivity contribution in [1.29, 1.82) is 0 Å². The lowest BCUT2D eigenvalue weighted by Gasteiger charge is -2.14. The van der Waals surface area contributed by atoms with Crippen LogP contribution in [0.1, 0.15) is 13.8 Å². The Bertz CT molecular complexity index is 1060. The summed E-state index contributed by atoms with van der Waals surface area (Å²) in [5.41, 5.74) is 0.506. The van der Waals surface area contributed by atoms with E-state index in [9.17, 15) is 9.59 Å². The van der Waals surface area contributed by atoms with Gasteiger partial charge in [-0.1, -0.05) is 37.6 Å². The maximum atomic E-state index is 13.0. The average molecular weight is 359 g/mol. The Kier molecular flexibility index (Phi) is 4.63. The number of imidazole rings is 1.